The predicted octanol–water partition coefficient (Wildman–Crippen LogP) is 2.42. The topological polar surface area (TPSA) is 62.5 Å². The Bertz CT molecular complexity index is 504. The van der Waals surface area contributed by atoms with Gasteiger partial charge in [-0.05, 0) is 15.9 Å². The Kier molecular flexibility index (Phi) is 2.10. The van der Waals surface area contributed by atoms with Crippen molar-refractivity contribution >= 4 is 43.4 Å². The average molecular weight is 262 g/mol. The Morgan fingerprint density at radius 2 is 2.38 bits per heavy atom. The largest absolute Gasteiger partial charge is 0.436 e. The summed E-state index contributed by atoms with van der Waals surface area (Å²) in [5, 5.41) is 10.3. The molecule has 0 aromatic carbocycles. The average Bonchev–Trinajstić information content (AvgIpc) is 2.48. The van der Waals surface area contributed by atoms with E-state index in [0.29, 0.717) is 14.8 Å². The quantitative estimate of drug-likeness (QED) is 0.775. The normalized spacial score (nSPS) is 10.6. The summed E-state index contributed by atoms with van der Waals surface area (Å²) in [6.07, 6.45) is 0. The first-order valence-electron chi connectivity index (χ1n) is 3.33. The molecule has 4 nitrogen and oxygen atoms in total. The van der Waals surface area contributed by atoms with Crippen molar-refractivity contribution in [1.29, 1.82) is 0 Å². The van der Waals surface area contributed by atoms with Crippen LogP contribution in [-0.4, -0.2) is 5.21 Å². The zero-order valence-corrected chi connectivity index (χ0v) is 8.61. The summed E-state index contributed by atoms with van der Waals surface area (Å²) >= 11 is 4.53. The van der Waals surface area contributed by atoms with Gasteiger partial charge in [0.2, 0.25) is 11.3 Å². The highest BCUT2D eigenvalue weighted by atomic mass is 79.9. The molecule has 0 aliphatic carbocycles. The maximum absolute atomic E-state index is 11.4. The van der Waals surface area contributed by atoms with Crippen LogP contribution in [0.1, 0.15) is 0 Å². The second kappa shape index (κ2) is 3.13. The first-order valence-corrected chi connectivity index (χ1v) is 5.00. The van der Waals surface area contributed by atoms with E-state index in [0.717, 1.165) is 0 Å². The maximum atomic E-state index is 11.4. The van der Waals surface area contributed by atoms with E-state index in [9.17, 15) is 4.79 Å². The molecule has 0 aliphatic heterocycles. The van der Waals surface area contributed by atoms with E-state index in [4.69, 9.17) is 9.62 Å². The summed E-state index contributed by atoms with van der Waals surface area (Å²) in [4.78, 5) is 11.4. The summed E-state index contributed by atoms with van der Waals surface area (Å²) < 4.78 is 6.41. The fourth-order valence-corrected chi connectivity index (χ4v) is 2.42. The van der Waals surface area contributed by atoms with Crippen molar-refractivity contribution in [3.05, 3.63) is 26.1 Å². The highest BCUT2D eigenvalue weighted by Gasteiger charge is 2.09. The highest BCUT2D eigenvalue weighted by molar-refractivity contribution is 9.10. The van der Waals surface area contributed by atoms with Crippen LogP contribution in [0.3, 0.4) is 0 Å². The minimum atomic E-state index is -0.173. The maximum Gasteiger partial charge on any atom is 0.220 e. The van der Waals surface area contributed by atoms with E-state index in [1.54, 1.807) is 10.9 Å². The molecule has 0 spiro atoms. The smallest absolute Gasteiger partial charge is 0.220 e. The fraction of sp³-hybridized carbons (Fsp3) is 0. The number of nitrogens with one attached hydrogen (secondary N) is 1. The molecule has 0 atom stereocenters. The Morgan fingerprint density at radius 1 is 1.62 bits per heavy atom. The van der Waals surface area contributed by atoms with Crippen LogP contribution in [0.2, 0.25) is 0 Å². The molecule has 6 heteroatoms. The molecule has 2 aromatic heterocycles. The fourth-order valence-electron chi connectivity index (χ4n) is 0.970. The zero-order chi connectivity index (χ0) is 9.42. The van der Waals surface area contributed by atoms with Crippen LogP contribution >= 0.6 is 27.3 Å². The summed E-state index contributed by atoms with van der Waals surface area (Å²) in [6, 6.07) is 1.20. The molecular formula is C7H4BrNO3S. The van der Waals surface area contributed by atoms with Gasteiger partial charge in [0.25, 0.3) is 0 Å². The molecule has 2 rings (SSSR count). The Morgan fingerprint density at radius 3 is 3.08 bits per heavy atom. The first kappa shape index (κ1) is 8.74. The highest BCUT2D eigenvalue weighted by Crippen LogP contribution is 2.29. The summed E-state index contributed by atoms with van der Waals surface area (Å²) in [5.74, 6) is 0.0385. The molecular weight excluding hydrogens is 258 g/mol. The van der Waals surface area contributed by atoms with Gasteiger partial charge in [0.05, 0.1) is 4.47 Å². The number of halogens is 1. The van der Waals surface area contributed by atoms with Gasteiger partial charge in [0.15, 0.2) is 5.58 Å². The number of rotatable bonds is 1. The third-order valence-electron chi connectivity index (χ3n) is 1.51. The Balaban J connectivity index is 2.88. The van der Waals surface area contributed by atoms with E-state index in [-0.39, 0.29) is 11.3 Å². The third-order valence-corrected chi connectivity index (χ3v) is 3.38. The molecule has 68 valence electrons. The predicted molar refractivity (Wildman–Crippen MR) is 53.5 cm³/mol. The van der Waals surface area contributed by atoms with Crippen molar-refractivity contribution in [3.8, 4) is 0 Å². The van der Waals surface area contributed by atoms with Gasteiger partial charge in [-0.1, -0.05) is 0 Å². The van der Waals surface area contributed by atoms with Crippen LogP contribution in [0.25, 0.3) is 10.3 Å². The first-order chi connectivity index (χ1) is 6.22. The summed E-state index contributed by atoms with van der Waals surface area (Å²) in [7, 11) is 0. The van der Waals surface area contributed by atoms with Crippen molar-refractivity contribution in [2.24, 2.45) is 0 Å². The number of thiophene rings is 1. The lowest BCUT2D eigenvalue weighted by atomic mass is 10.4. The Hall–Kier alpha value is -0.850. The Labute approximate surface area is 84.9 Å². The lowest BCUT2D eigenvalue weighted by Gasteiger charge is -1.96. The molecule has 0 saturated heterocycles. The van der Waals surface area contributed by atoms with Gasteiger partial charge in [-0.25, -0.2) is 5.48 Å². The van der Waals surface area contributed by atoms with E-state index in [2.05, 4.69) is 15.9 Å². The van der Waals surface area contributed by atoms with Crippen LogP contribution in [-0.2, 0) is 0 Å². The molecule has 0 bridgehead atoms. The molecule has 0 aliphatic rings. The van der Waals surface area contributed by atoms with Gasteiger partial charge >= 0.3 is 0 Å². The van der Waals surface area contributed by atoms with Crippen LogP contribution < -0.4 is 10.9 Å². The molecule has 13 heavy (non-hydrogen) atoms. The molecule has 0 saturated carbocycles. The summed E-state index contributed by atoms with van der Waals surface area (Å²) in [6.45, 7) is 0. The molecule has 0 amide bonds. The molecule has 2 aromatic rings. The SMILES string of the molecule is O=c1cc(NO)oc2c(Br)csc12. The zero-order valence-electron chi connectivity index (χ0n) is 6.20. The molecule has 2 heterocycles. The third kappa shape index (κ3) is 1.37. The monoisotopic (exact) mass is 261 g/mol. The minimum absolute atomic E-state index is 0.0385. The molecule has 0 radical (unpaired) electrons. The molecule has 0 fully saturated rings. The van der Waals surface area contributed by atoms with Gasteiger partial charge in [-0.15, -0.1) is 11.3 Å². The van der Waals surface area contributed by atoms with Gasteiger partial charge < -0.3 is 4.42 Å². The van der Waals surface area contributed by atoms with Crippen molar-refractivity contribution < 1.29 is 9.62 Å². The number of hydrogen-bond donors (Lipinski definition) is 2. The van der Waals surface area contributed by atoms with Crippen molar-refractivity contribution in [1.82, 2.24) is 0 Å². The molecule has 2 N–H and O–H groups in total. The second-order valence-corrected chi connectivity index (χ2v) is 4.06. The van der Waals surface area contributed by atoms with Crippen molar-refractivity contribution in [2.45, 2.75) is 0 Å². The van der Waals surface area contributed by atoms with Crippen molar-refractivity contribution in [3.63, 3.8) is 0 Å². The van der Waals surface area contributed by atoms with Gasteiger partial charge in [0, 0.05) is 11.4 Å². The number of anilines is 1. The second-order valence-electron chi connectivity index (χ2n) is 2.33. The standard InChI is InChI=1S/C7H4BrNO3S/c8-3-2-13-7-4(10)1-5(9-11)12-6(3)7/h1-2,9,11H. The summed E-state index contributed by atoms with van der Waals surface area (Å²) in [5.41, 5.74) is 2.07. The van der Waals surface area contributed by atoms with E-state index in [1.807, 2.05) is 0 Å². The van der Waals surface area contributed by atoms with Crippen LogP contribution in [0.5, 0.6) is 0 Å². The lowest BCUT2D eigenvalue weighted by Crippen LogP contribution is -2.00. The van der Waals surface area contributed by atoms with E-state index >= 15 is 0 Å². The van der Waals surface area contributed by atoms with Crippen LogP contribution in [0.15, 0.2) is 25.1 Å². The van der Waals surface area contributed by atoms with Crippen molar-refractivity contribution in [2.75, 3.05) is 5.48 Å². The van der Waals surface area contributed by atoms with E-state index in [1.165, 1.54) is 17.4 Å². The van der Waals surface area contributed by atoms with Gasteiger partial charge in [-0.3, -0.25) is 10.0 Å². The number of hydrogen-bond acceptors (Lipinski definition) is 5. The molecule has 0 unspecified atom stereocenters. The lowest BCUT2D eigenvalue weighted by molar-refractivity contribution is 0.364. The van der Waals surface area contributed by atoms with Gasteiger partial charge in [-0.2, -0.15) is 0 Å². The van der Waals surface area contributed by atoms with Gasteiger partial charge in [0.1, 0.15) is 4.70 Å². The van der Waals surface area contributed by atoms with E-state index < -0.39 is 0 Å². The number of fused-ring (bicyclic) bond motifs is 1. The minimum Gasteiger partial charge on any atom is -0.436 e. The van der Waals surface area contributed by atoms with Crippen LogP contribution in [0, 0.1) is 0 Å². The van der Waals surface area contributed by atoms with Crippen LogP contribution in [0.4, 0.5) is 5.88 Å².